The van der Waals surface area contributed by atoms with Crippen LogP contribution in [0.3, 0.4) is 0 Å². The Balaban J connectivity index is 2.98. The number of carboxylic acids is 1. The number of aromatic nitrogens is 2. The molecule has 13 heteroatoms. The number of nitrogens with zero attached hydrogens (tertiary/aromatic N) is 1. The summed E-state index contributed by atoms with van der Waals surface area (Å²) in [4.78, 5) is 57.3. The van der Waals surface area contributed by atoms with Crippen molar-refractivity contribution in [1.82, 2.24) is 25.9 Å². The number of aromatic amines is 1. The molecule has 5 atom stereocenters. The molecular formula is C23H41N7O5S. The summed E-state index contributed by atoms with van der Waals surface area (Å²) in [6.07, 6.45) is 7.34. The van der Waals surface area contributed by atoms with Crippen LogP contribution in [0.5, 0.6) is 0 Å². The van der Waals surface area contributed by atoms with Gasteiger partial charge < -0.3 is 37.5 Å². The normalized spacial score (nSPS) is 15.2. The molecule has 0 saturated heterocycles. The van der Waals surface area contributed by atoms with Crippen LogP contribution in [-0.2, 0) is 25.6 Å². The number of H-pyrrole nitrogens is 1. The summed E-state index contributed by atoms with van der Waals surface area (Å²) in [6, 6.07) is -3.86. The Hall–Kier alpha value is -2.64. The summed E-state index contributed by atoms with van der Waals surface area (Å²) in [5, 5.41) is 17.6. The molecule has 12 nitrogen and oxygen atoms in total. The van der Waals surface area contributed by atoms with Crippen LogP contribution >= 0.6 is 11.8 Å². The monoisotopic (exact) mass is 527 g/mol. The van der Waals surface area contributed by atoms with Gasteiger partial charge in [-0.2, -0.15) is 11.8 Å². The number of aliphatic carboxylic acids is 1. The molecule has 0 aliphatic rings. The molecular weight excluding hydrogens is 486 g/mol. The summed E-state index contributed by atoms with van der Waals surface area (Å²) >= 11 is 1.57. The predicted octanol–water partition coefficient (Wildman–Crippen LogP) is -0.253. The first kappa shape index (κ1) is 31.4. The fourth-order valence-corrected chi connectivity index (χ4v) is 3.94. The van der Waals surface area contributed by atoms with E-state index in [0.717, 1.165) is 0 Å². The fraction of sp³-hybridized carbons (Fsp3) is 0.696. The van der Waals surface area contributed by atoms with E-state index < -0.39 is 47.9 Å². The Bertz CT molecular complexity index is 824. The van der Waals surface area contributed by atoms with Crippen molar-refractivity contribution in [2.45, 2.75) is 76.5 Å². The van der Waals surface area contributed by atoms with Gasteiger partial charge >= 0.3 is 5.97 Å². The van der Waals surface area contributed by atoms with Crippen LogP contribution in [0, 0.1) is 5.92 Å². The van der Waals surface area contributed by atoms with Crippen LogP contribution in [0.25, 0.3) is 0 Å². The topological polar surface area (TPSA) is 205 Å². The number of carbonyl (C=O) groups is 4. The summed E-state index contributed by atoms with van der Waals surface area (Å²) in [7, 11) is 0. The minimum absolute atomic E-state index is 0.00399. The first-order valence-corrected chi connectivity index (χ1v) is 13.6. The molecule has 1 aromatic rings. The van der Waals surface area contributed by atoms with Crippen LogP contribution < -0.4 is 27.4 Å². The minimum atomic E-state index is -1.22. The van der Waals surface area contributed by atoms with Gasteiger partial charge in [0, 0.05) is 18.3 Å². The molecule has 0 radical (unpaired) electrons. The first-order chi connectivity index (χ1) is 17.1. The van der Waals surface area contributed by atoms with Crippen molar-refractivity contribution in [3.05, 3.63) is 18.2 Å². The Kier molecular flexibility index (Phi) is 14.8. The molecule has 0 aliphatic heterocycles. The molecule has 0 aliphatic carbocycles. The lowest BCUT2D eigenvalue weighted by atomic mass is 9.97. The quantitative estimate of drug-likeness (QED) is 0.125. The van der Waals surface area contributed by atoms with Crippen molar-refractivity contribution in [2.75, 3.05) is 18.6 Å². The molecule has 5 unspecified atom stereocenters. The fourth-order valence-electron chi connectivity index (χ4n) is 3.45. The van der Waals surface area contributed by atoms with Crippen LogP contribution in [0.4, 0.5) is 0 Å². The van der Waals surface area contributed by atoms with Crippen molar-refractivity contribution >= 4 is 35.5 Å². The smallest absolute Gasteiger partial charge is 0.326 e. The van der Waals surface area contributed by atoms with Crippen LogP contribution in [0.2, 0.25) is 0 Å². The Morgan fingerprint density at radius 1 is 1.08 bits per heavy atom. The number of unbranched alkanes of at least 4 members (excludes halogenated alkanes) is 1. The lowest BCUT2D eigenvalue weighted by molar-refractivity contribution is -0.142. The number of imidazole rings is 1. The highest BCUT2D eigenvalue weighted by Gasteiger charge is 2.32. The predicted molar refractivity (Wildman–Crippen MR) is 139 cm³/mol. The van der Waals surface area contributed by atoms with Gasteiger partial charge in [-0.05, 0) is 50.2 Å². The number of amides is 3. The number of carbonyl (C=O) groups excluding carboxylic acids is 3. The number of hydrogen-bond donors (Lipinski definition) is 7. The molecule has 0 aromatic carbocycles. The SMILES string of the molecule is CCC(C)C(NC(=O)C(N)CCSC)C(=O)NC(CCCCN)C(=O)NC(Cc1cnc[nH]1)C(=O)O. The van der Waals surface area contributed by atoms with Crippen molar-refractivity contribution in [1.29, 1.82) is 0 Å². The summed E-state index contributed by atoms with van der Waals surface area (Å²) in [5.41, 5.74) is 12.1. The highest BCUT2D eigenvalue weighted by molar-refractivity contribution is 7.98. The molecule has 1 rings (SSSR count). The van der Waals surface area contributed by atoms with Crippen LogP contribution in [0.15, 0.2) is 12.5 Å². The molecule has 0 fully saturated rings. The summed E-state index contributed by atoms with van der Waals surface area (Å²) in [5.74, 6) is -2.31. The lowest BCUT2D eigenvalue weighted by Gasteiger charge is -2.28. The maximum atomic E-state index is 13.2. The molecule has 1 heterocycles. The minimum Gasteiger partial charge on any atom is -0.480 e. The zero-order valence-corrected chi connectivity index (χ0v) is 22.1. The van der Waals surface area contributed by atoms with Gasteiger partial charge in [0.05, 0.1) is 12.4 Å². The van der Waals surface area contributed by atoms with E-state index in [1.54, 1.807) is 11.8 Å². The highest BCUT2D eigenvalue weighted by atomic mass is 32.2. The molecule has 1 aromatic heterocycles. The molecule has 9 N–H and O–H groups in total. The van der Waals surface area contributed by atoms with Crippen molar-refractivity contribution in [2.24, 2.45) is 17.4 Å². The third kappa shape index (κ3) is 11.0. The van der Waals surface area contributed by atoms with E-state index in [1.165, 1.54) is 12.5 Å². The van der Waals surface area contributed by atoms with Gasteiger partial charge in [-0.15, -0.1) is 0 Å². The third-order valence-electron chi connectivity index (χ3n) is 5.94. The van der Waals surface area contributed by atoms with E-state index >= 15 is 0 Å². The number of thioether (sulfide) groups is 1. The summed E-state index contributed by atoms with van der Waals surface area (Å²) in [6.45, 7) is 4.13. The maximum absolute atomic E-state index is 13.2. The molecule has 204 valence electrons. The van der Waals surface area contributed by atoms with E-state index in [1.807, 2.05) is 20.1 Å². The van der Waals surface area contributed by atoms with Crippen molar-refractivity contribution in [3.63, 3.8) is 0 Å². The molecule has 0 spiro atoms. The van der Waals surface area contributed by atoms with Crippen molar-refractivity contribution < 1.29 is 24.3 Å². The number of rotatable bonds is 18. The molecule has 3 amide bonds. The van der Waals surface area contributed by atoms with E-state index in [-0.39, 0.29) is 18.8 Å². The van der Waals surface area contributed by atoms with Crippen LogP contribution in [-0.4, -0.2) is 81.5 Å². The Morgan fingerprint density at radius 2 is 1.78 bits per heavy atom. The molecule has 0 bridgehead atoms. The van der Waals surface area contributed by atoms with Gasteiger partial charge in [0.15, 0.2) is 0 Å². The summed E-state index contributed by atoms with van der Waals surface area (Å²) < 4.78 is 0. The van der Waals surface area contributed by atoms with Gasteiger partial charge in [0.2, 0.25) is 17.7 Å². The average Bonchev–Trinajstić information content (AvgIpc) is 3.37. The maximum Gasteiger partial charge on any atom is 0.326 e. The largest absolute Gasteiger partial charge is 0.480 e. The standard InChI is InChI=1S/C23H41N7O5S/c1-4-14(2)19(30-20(31)16(25)8-10-36-3)22(33)28-17(7-5-6-9-24)21(32)29-18(23(34)35)11-15-12-26-13-27-15/h12-14,16-19H,4-11,24-25H2,1-3H3,(H,26,27)(H,28,33)(H,29,32)(H,30,31)(H,34,35). The highest BCUT2D eigenvalue weighted by Crippen LogP contribution is 2.11. The number of nitrogens with one attached hydrogen (secondary N) is 4. The second kappa shape index (κ2) is 16.9. The van der Waals surface area contributed by atoms with Gasteiger partial charge in [-0.1, -0.05) is 20.3 Å². The zero-order chi connectivity index (χ0) is 27.1. The van der Waals surface area contributed by atoms with Gasteiger partial charge in [0.25, 0.3) is 0 Å². The van der Waals surface area contributed by atoms with E-state index in [2.05, 4.69) is 25.9 Å². The van der Waals surface area contributed by atoms with Gasteiger partial charge in [0.1, 0.15) is 18.1 Å². The Labute approximate surface area is 216 Å². The van der Waals surface area contributed by atoms with E-state index in [9.17, 15) is 24.3 Å². The zero-order valence-electron chi connectivity index (χ0n) is 21.3. The van der Waals surface area contributed by atoms with Crippen LogP contribution in [0.1, 0.15) is 51.6 Å². The first-order valence-electron chi connectivity index (χ1n) is 12.2. The van der Waals surface area contributed by atoms with Gasteiger partial charge in [-0.25, -0.2) is 9.78 Å². The second-order valence-corrected chi connectivity index (χ2v) is 9.77. The Morgan fingerprint density at radius 3 is 2.33 bits per heavy atom. The second-order valence-electron chi connectivity index (χ2n) is 8.79. The number of carboxylic acid groups (broad SMARTS) is 1. The third-order valence-corrected chi connectivity index (χ3v) is 6.58. The molecule has 36 heavy (non-hydrogen) atoms. The van der Waals surface area contributed by atoms with E-state index in [4.69, 9.17) is 11.5 Å². The average molecular weight is 528 g/mol. The van der Waals surface area contributed by atoms with Crippen molar-refractivity contribution in [3.8, 4) is 0 Å². The lowest BCUT2D eigenvalue weighted by Crippen LogP contribution is -2.58. The number of hydrogen-bond acceptors (Lipinski definition) is 8. The van der Waals surface area contributed by atoms with Gasteiger partial charge in [-0.3, -0.25) is 14.4 Å². The molecule has 0 saturated carbocycles. The van der Waals surface area contributed by atoms with E-state index in [0.29, 0.717) is 43.7 Å². The number of nitrogens with two attached hydrogens (primary N) is 2.